The molecule has 0 fully saturated rings. The quantitative estimate of drug-likeness (QED) is 0.264. The second-order valence-electron chi connectivity index (χ2n) is 8.32. The predicted molar refractivity (Wildman–Crippen MR) is 137 cm³/mol. The van der Waals surface area contributed by atoms with Gasteiger partial charge in [0, 0.05) is 25.8 Å². The van der Waals surface area contributed by atoms with Gasteiger partial charge in [0.15, 0.2) is 12.3 Å². The van der Waals surface area contributed by atoms with Crippen molar-refractivity contribution in [1.29, 1.82) is 0 Å². The third-order valence-electron chi connectivity index (χ3n) is 5.84. The minimum Gasteiger partial charge on any atom is -0.482 e. The van der Waals surface area contributed by atoms with E-state index in [0.717, 1.165) is 30.5 Å². The van der Waals surface area contributed by atoms with E-state index in [0.29, 0.717) is 11.4 Å². The van der Waals surface area contributed by atoms with Gasteiger partial charge in [-0.1, -0.05) is 12.1 Å². The van der Waals surface area contributed by atoms with Crippen molar-refractivity contribution in [2.45, 2.75) is 19.6 Å². The third-order valence-corrected chi connectivity index (χ3v) is 5.84. The summed E-state index contributed by atoms with van der Waals surface area (Å²) in [7, 11) is 0. The highest BCUT2D eigenvalue weighted by Crippen LogP contribution is 2.28. The van der Waals surface area contributed by atoms with Crippen LogP contribution in [0.25, 0.3) is 11.0 Å². The normalized spacial score (nSPS) is 13.1. The number of nitrogens with one attached hydrogen (secondary N) is 4. The number of fused-ring (bicyclic) bond motifs is 3. The van der Waals surface area contributed by atoms with Crippen molar-refractivity contribution in [3.05, 3.63) is 82.7 Å². The summed E-state index contributed by atoms with van der Waals surface area (Å²) in [4.78, 5) is 45.7. The Hall–Kier alpha value is -4.55. The zero-order chi connectivity index (χ0) is 25.9. The monoisotopic (exact) mass is 540 g/mol. The minimum absolute atomic E-state index is 0. The van der Waals surface area contributed by atoms with Gasteiger partial charge in [-0.25, -0.2) is 19.2 Å². The number of ether oxygens (including phenoxy) is 1. The number of rotatable bonds is 4. The Balaban J connectivity index is 0.000000256. The van der Waals surface area contributed by atoms with Crippen LogP contribution in [0, 0.1) is 5.82 Å². The number of carboxylic acid groups (broad SMARTS) is 1. The first-order chi connectivity index (χ1) is 17.9. The summed E-state index contributed by atoms with van der Waals surface area (Å²) in [6, 6.07) is 10.1. The number of aromatic amines is 1. The summed E-state index contributed by atoms with van der Waals surface area (Å²) in [5, 5.41) is 17.7. The number of hydrogen-bond acceptors (Lipinski definition) is 7. The number of nitrogens with zero attached hydrogens (tertiary/aromatic N) is 2. The third kappa shape index (κ3) is 5.56. The molecule has 38 heavy (non-hydrogen) atoms. The number of aromatic carboxylic acids is 1. The molecule has 2 aromatic carbocycles. The number of carbonyl (C=O) groups is 3. The summed E-state index contributed by atoms with van der Waals surface area (Å²) >= 11 is 0. The van der Waals surface area contributed by atoms with Crippen LogP contribution in [0.1, 0.15) is 37.5 Å². The van der Waals surface area contributed by atoms with E-state index in [2.05, 4.69) is 30.9 Å². The number of anilines is 1. The van der Waals surface area contributed by atoms with Crippen LogP contribution in [0.5, 0.6) is 5.75 Å². The van der Waals surface area contributed by atoms with Crippen LogP contribution >= 0.6 is 12.4 Å². The zero-order valence-electron chi connectivity index (χ0n) is 19.7. The maximum atomic E-state index is 12.5. The van der Waals surface area contributed by atoms with Crippen LogP contribution in [0.2, 0.25) is 0 Å². The molecule has 0 saturated heterocycles. The Morgan fingerprint density at radius 3 is 2.74 bits per heavy atom. The lowest BCUT2D eigenvalue weighted by Gasteiger charge is -2.18. The Kier molecular flexibility index (Phi) is 7.84. The van der Waals surface area contributed by atoms with Gasteiger partial charge in [0.05, 0.1) is 11.2 Å². The molecule has 2 aromatic heterocycles. The topological polar surface area (TPSA) is 158 Å². The number of amides is 2. The molecule has 0 radical (unpaired) electrons. The number of H-pyrrole nitrogens is 1. The van der Waals surface area contributed by atoms with E-state index in [1.54, 1.807) is 24.3 Å². The maximum Gasteiger partial charge on any atom is 0.339 e. The largest absolute Gasteiger partial charge is 0.482 e. The lowest BCUT2D eigenvalue weighted by atomic mass is 10.1. The Morgan fingerprint density at radius 1 is 1.11 bits per heavy atom. The maximum absolute atomic E-state index is 12.5. The van der Waals surface area contributed by atoms with Crippen LogP contribution in [-0.2, 0) is 24.4 Å². The number of benzene rings is 2. The van der Waals surface area contributed by atoms with E-state index in [1.807, 2.05) is 6.07 Å². The number of aromatic nitrogens is 3. The van der Waals surface area contributed by atoms with Crippen LogP contribution in [-0.4, -0.2) is 44.4 Å². The molecule has 0 saturated carbocycles. The molecule has 6 rings (SSSR count). The Morgan fingerprint density at radius 2 is 1.92 bits per heavy atom. The first kappa shape index (κ1) is 26.5. The fraction of sp³-hybridized carbons (Fsp3) is 0.160. The van der Waals surface area contributed by atoms with E-state index < -0.39 is 11.9 Å². The van der Waals surface area contributed by atoms with Gasteiger partial charge in [0.25, 0.3) is 11.8 Å². The fourth-order valence-electron chi connectivity index (χ4n) is 4.04. The van der Waals surface area contributed by atoms with Gasteiger partial charge in [0.1, 0.15) is 29.0 Å². The summed E-state index contributed by atoms with van der Waals surface area (Å²) < 4.78 is 17.8. The molecule has 0 spiro atoms. The van der Waals surface area contributed by atoms with Crippen LogP contribution < -0.4 is 20.7 Å². The van der Waals surface area contributed by atoms with Gasteiger partial charge in [-0.05, 0) is 41.0 Å². The molecule has 0 aliphatic carbocycles. The standard InChI is InChI=1S/C17H13N5O5.C8H8FN.ClH/c23-12-6-27-11-2-1-8(3-10(11)22-12)4-19-16(24)15-14-13(20-7-21-15)9(5-18-14)17(25)26;9-8-2-1-6-4-10-5-7(6)3-8;/h1-3,5,7,18H,4,6H2,(H,19,24)(H,22,23)(H,25,26);1-3,10H,4-5H2;1H. The van der Waals surface area contributed by atoms with Crippen molar-refractivity contribution in [3.63, 3.8) is 0 Å². The van der Waals surface area contributed by atoms with Crippen LogP contribution in [0.15, 0.2) is 48.9 Å². The molecule has 2 amide bonds. The molecule has 2 aliphatic rings. The van der Waals surface area contributed by atoms with E-state index >= 15 is 0 Å². The van der Waals surface area contributed by atoms with E-state index in [4.69, 9.17) is 9.84 Å². The minimum atomic E-state index is -1.15. The predicted octanol–water partition coefficient (Wildman–Crippen LogP) is 2.77. The molecular weight excluding hydrogens is 519 g/mol. The summed E-state index contributed by atoms with van der Waals surface area (Å²) in [5.41, 5.74) is 4.03. The highest BCUT2D eigenvalue weighted by atomic mass is 35.5. The molecule has 0 atom stereocenters. The lowest BCUT2D eigenvalue weighted by molar-refractivity contribution is -0.118. The van der Waals surface area contributed by atoms with Gasteiger partial charge in [0.2, 0.25) is 0 Å². The van der Waals surface area contributed by atoms with Gasteiger partial charge in [-0.3, -0.25) is 9.59 Å². The molecule has 2 aliphatic heterocycles. The van der Waals surface area contributed by atoms with Crippen molar-refractivity contribution in [2.24, 2.45) is 0 Å². The molecule has 4 heterocycles. The molecule has 13 heteroatoms. The molecule has 4 aromatic rings. The molecule has 11 nitrogen and oxygen atoms in total. The SMILES string of the molecule is Cl.Fc1ccc2c(c1)CNC2.O=C1COc2ccc(CNC(=O)c3ncnc4c(C(=O)O)c[nH]c34)cc2N1. The molecule has 0 bridgehead atoms. The summed E-state index contributed by atoms with van der Waals surface area (Å²) in [5.74, 6) is -1.45. The zero-order valence-corrected chi connectivity index (χ0v) is 20.5. The van der Waals surface area contributed by atoms with Crippen LogP contribution in [0.3, 0.4) is 0 Å². The Bertz CT molecular complexity index is 1540. The second kappa shape index (κ2) is 11.2. The van der Waals surface area contributed by atoms with Crippen molar-refractivity contribution >= 4 is 46.9 Å². The van der Waals surface area contributed by atoms with Gasteiger partial charge in [-0.15, -0.1) is 12.4 Å². The second-order valence-corrected chi connectivity index (χ2v) is 8.32. The van der Waals surface area contributed by atoms with E-state index in [1.165, 1.54) is 17.8 Å². The molecule has 5 N–H and O–H groups in total. The Labute approximate surface area is 221 Å². The van der Waals surface area contributed by atoms with Gasteiger partial charge < -0.3 is 30.8 Å². The number of carbonyl (C=O) groups excluding carboxylic acids is 2. The molecule has 196 valence electrons. The van der Waals surface area contributed by atoms with Crippen molar-refractivity contribution in [1.82, 2.24) is 25.6 Å². The van der Waals surface area contributed by atoms with Crippen molar-refractivity contribution < 1.29 is 28.6 Å². The average molecular weight is 541 g/mol. The summed E-state index contributed by atoms with van der Waals surface area (Å²) in [6.45, 7) is 1.85. The fourth-order valence-corrected chi connectivity index (χ4v) is 4.04. The van der Waals surface area contributed by atoms with Crippen molar-refractivity contribution in [2.75, 3.05) is 11.9 Å². The van der Waals surface area contributed by atoms with Gasteiger partial charge in [-0.2, -0.15) is 0 Å². The molecular formula is C25H22ClFN6O5. The molecule has 0 unspecified atom stereocenters. The van der Waals surface area contributed by atoms with E-state index in [9.17, 15) is 18.8 Å². The smallest absolute Gasteiger partial charge is 0.339 e. The number of halogens is 2. The number of hydrogen-bond donors (Lipinski definition) is 5. The first-order valence-corrected chi connectivity index (χ1v) is 11.3. The van der Waals surface area contributed by atoms with Crippen LogP contribution in [0.4, 0.5) is 10.1 Å². The highest BCUT2D eigenvalue weighted by Gasteiger charge is 2.20. The van der Waals surface area contributed by atoms with Gasteiger partial charge >= 0.3 is 5.97 Å². The summed E-state index contributed by atoms with van der Waals surface area (Å²) in [6.07, 6.45) is 2.41. The lowest BCUT2D eigenvalue weighted by Crippen LogP contribution is -2.26. The highest BCUT2D eigenvalue weighted by molar-refractivity contribution is 6.08. The van der Waals surface area contributed by atoms with Crippen molar-refractivity contribution in [3.8, 4) is 5.75 Å². The average Bonchev–Trinajstić information content (AvgIpc) is 3.54. The van der Waals surface area contributed by atoms with E-state index in [-0.39, 0.29) is 59.6 Å². The first-order valence-electron chi connectivity index (χ1n) is 11.3. The number of carboxylic acids is 1.